The van der Waals surface area contributed by atoms with Gasteiger partial charge in [0.2, 0.25) is 0 Å². The summed E-state index contributed by atoms with van der Waals surface area (Å²) in [6.45, 7) is 3.73. The zero-order valence-corrected chi connectivity index (χ0v) is 18.2. The van der Waals surface area contributed by atoms with Crippen LogP contribution in [-0.2, 0) is 4.74 Å². The second-order valence-corrected chi connectivity index (χ2v) is 8.12. The van der Waals surface area contributed by atoms with E-state index in [2.05, 4.69) is 0 Å². The third kappa shape index (κ3) is 4.28. The summed E-state index contributed by atoms with van der Waals surface area (Å²) in [7, 11) is 0. The Morgan fingerprint density at radius 2 is 1.61 bits per heavy atom. The van der Waals surface area contributed by atoms with Crippen molar-refractivity contribution in [1.29, 1.82) is 0 Å². The lowest BCUT2D eigenvalue weighted by Crippen LogP contribution is -2.29. The maximum atomic E-state index is 13.2. The molecule has 0 bridgehead atoms. The van der Waals surface area contributed by atoms with Gasteiger partial charge in [-0.25, -0.2) is 4.79 Å². The van der Waals surface area contributed by atoms with Crippen molar-refractivity contribution in [3.8, 4) is 11.5 Å². The fraction of sp³-hybridized carbons (Fsp3) is 0.148. The van der Waals surface area contributed by atoms with Gasteiger partial charge in [-0.3, -0.25) is 9.59 Å². The number of allylic oxidation sites excluding steroid dienone is 2. The number of hydrogen-bond acceptors (Lipinski definition) is 6. The maximum absolute atomic E-state index is 13.2. The van der Waals surface area contributed by atoms with Crippen LogP contribution in [0.4, 0.5) is 0 Å². The molecule has 0 saturated heterocycles. The monoisotopic (exact) mass is 442 g/mol. The van der Waals surface area contributed by atoms with E-state index in [1.54, 1.807) is 18.2 Å². The number of hydrogen-bond donors (Lipinski definition) is 2. The van der Waals surface area contributed by atoms with Crippen LogP contribution in [0.5, 0.6) is 11.5 Å². The van der Waals surface area contributed by atoms with Gasteiger partial charge in [-0.15, -0.1) is 0 Å². The van der Waals surface area contributed by atoms with Gasteiger partial charge in [-0.1, -0.05) is 42.0 Å². The van der Waals surface area contributed by atoms with Crippen molar-refractivity contribution < 1.29 is 29.3 Å². The van der Waals surface area contributed by atoms with Gasteiger partial charge in [-0.2, -0.15) is 0 Å². The Kier molecular flexibility index (Phi) is 5.84. The molecule has 1 aliphatic rings. The number of carbonyl (C=O) groups is 3. The predicted octanol–water partition coefficient (Wildman–Crippen LogP) is 5.14. The third-order valence-corrected chi connectivity index (χ3v) is 5.51. The SMILES string of the molecule is CC(C)=CC[C@H](OC(=O)c1ccc2ccccc2c1)C1=CC(=O)c2c(O)ccc(O)c2C1=O. The molecule has 4 rings (SSSR count). The number of carbonyl (C=O) groups excluding carboxylic acids is 3. The highest BCUT2D eigenvalue weighted by molar-refractivity contribution is 6.27. The summed E-state index contributed by atoms with van der Waals surface area (Å²) in [5.41, 5.74) is 0.650. The van der Waals surface area contributed by atoms with Gasteiger partial charge in [-0.05, 0) is 55.0 Å². The Hall–Kier alpha value is -4.19. The van der Waals surface area contributed by atoms with Crippen molar-refractivity contribution in [2.75, 3.05) is 0 Å². The summed E-state index contributed by atoms with van der Waals surface area (Å²) in [5, 5.41) is 22.1. The zero-order chi connectivity index (χ0) is 23.7. The molecule has 0 spiro atoms. The lowest BCUT2D eigenvalue weighted by Gasteiger charge is -2.23. The van der Waals surface area contributed by atoms with Crippen LogP contribution >= 0.6 is 0 Å². The quantitative estimate of drug-likeness (QED) is 0.322. The summed E-state index contributed by atoms with van der Waals surface area (Å²) >= 11 is 0. The molecular formula is C27H22O6. The molecule has 6 heteroatoms. The number of phenols is 2. The van der Waals surface area contributed by atoms with Crippen LogP contribution in [0, 0.1) is 0 Å². The van der Waals surface area contributed by atoms with Gasteiger partial charge < -0.3 is 14.9 Å². The number of ether oxygens (including phenoxy) is 1. The van der Waals surface area contributed by atoms with Gasteiger partial charge in [0, 0.05) is 12.0 Å². The summed E-state index contributed by atoms with van der Waals surface area (Å²) in [6, 6.07) is 15.0. The van der Waals surface area contributed by atoms with Crippen LogP contribution in [0.15, 0.2) is 77.9 Å². The largest absolute Gasteiger partial charge is 0.507 e. The molecule has 0 heterocycles. The molecule has 0 aliphatic heterocycles. The minimum Gasteiger partial charge on any atom is -0.507 e. The second kappa shape index (κ2) is 8.74. The summed E-state index contributed by atoms with van der Waals surface area (Å²) in [4.78, 5) is 38.9. The minimum absolute atomic E-state index is 0.0555. The molecule has 0 fully saturated rings. The average molecular weight is 442 g/mol. The van der Waals surface area contributed by atoms with E-state index in [9.17, 15) is 24.6 Å². The first-order valence-electron chi connectivity index (χ1n) is 10.4. The number of fused-ring (bicyclic) bond motifs is 2. The van der Waals surface area contributed by atoms with Gasteiger partial charge in [0.05, 0.1) is 16.7 Å². The Balaban J connectivity index is 1.71. The van der Waals surface area contributed by atoms with Crippen LogP contribution in [0.3, 0.4) is 0 Å². The van der Waals surface area contributed by atoms with Crippen molar-refractivity contribution in [2.45, 2.75) is 26.4 Å². The van der Waals surface area contributed by atoms with E-state index in [1.807, 2.05) is 44.2 Å². The highest BCUT2D eigenvalue weighted by Gasteiger charge is 2.35. The summed E-state index contributed by atoms with van der Waals surface area (Å²) < 4.78 is 5.71. The maximum Gasteiger partial charge on any atom is 0.338 e. The zero-order valence-electron chi connectivity index (χ0n) is 18.2. The van der Waals surface area contributed by atoms with Crippen LogP contribution in [0.2, 0.25) is 0 Å². The van der Waals surface area contributed by atoms with Gasteiger partial charge in [0.1, 0.15) is 17.6 Å². The molecule has 3 aromatic carbocycles. The van der Waals surface area contributed by atoms with Crippen LogP contribution in [-0.4, -0.2) is 33.9 Å². The van der Waals surface area contributed by atoms with Gasteiger partial charge >= 0.3 is 5.97 Å². The fourth-order valence-corrected chi connectivity index (χ4v) is 3.82. The van der Waals surface area contributed by atoms with Crippen LogP contribution in [0.1, 0.15) is 51.3 Å². The molecule has 6 nitrogen and oxygen atoms in total. The Morgan fingerprint density at radius 1 is 0.939 bits per heavy atom. The smallest absolute Gasteiger partial charge is 0.338 e. The molecule has 0 amide bonds. The van der Waals surface area contributed by atoms with E-state index in [1.165, 1.54) is 0 Å². The van der Waals surface area contributed by atoms with Crippen molar-refractivity contribution in [3.05, 3.63) is 94.6 Å². The highest BCUT2D eigenvalue weighted by atomic mass is 16.5. The number of esters is 1. The van der Waals surface area contributed by atoms with E-state index in [4.69, 9.17) is 4.74 Å². The number of phenolic OH excluding ortho intramolecular Hbond substituents is 2. The molecule has 0 aromatic heterocycles. The minimum atomic E-state index is -1.05. The van der Waals surface area contributed by atoms with Crippen molar-refractivity contribution in [3.63, 3.8) is 0 Å². The normalized spacial score (nSPS) is 13.8. The summed E-state index contributed by atoms with van der Waals surface area (Å²) in [5.74, 6) is -2.77. The molecule has 1 atom stereocenters. The molecule has 3 aromatic rings. The average Bonchev–Trinajstić information content (AvgIpc) is 2.80. The van der Waals surface area contributed by atoms with E-state index in [-0.39, 0.29) is 23.1 Å². The topological polar surface area (TPSA) is 101 Å². The standard InChI is InChI=1S/C27H22O6/c1-15(2)7-12-23(33-27(32)18-9-8-16-5-3-4-6-17(16)13-18)19-14-22(30)24-20(28)10-11-21(29)25(24)26(19)31/h3-11,13-14,23,28-29H,12H2,1-2H3/t23-/m0/s1. The van der Waals surface area contributed by atoms with Crippen molar-refractivity contribution in [1.82, 2.24) is 0 Å². The van der Waals surface area contributed by atoms with Crippen molar-refractivity contribution >= 4 is 28.3 Å². The first kappa shape index (κ1) is 22.0. The second-order valence-electron chi connectivity index (χ2n) is 8.12. The van der Waals surface area contributed by atoms with E-state index >= 15 is 0 Å². The fourth-order valence-electron chi connectivity index (χ4n) is 3.82. The number of rotatable bonds is 5. The van der Waals surface area contributed by atoms with Crippen molar-refractivity contribution in [2.24, 2.45) is 0 Å². The number of Topliss-reactive ketones (excluding diaryl/α,β-unsaturated/α-hetero) is 1. The predicted molar refractivity (Wildman–Crippen MR) is 124 cm³/mol. The van der Waals surface area contributed by atoms with E-state index in [0.29, 0.717) is 5.56 Å². The summed E-state index contributed by atoms with van der Waals surface area (Å²) in [6.07, 6.45) is 1.99. The van der Waals surface area contributed by atoms with Gasteiger partial charge in [0.15, 0.2) is 11.6 Å². The molecule has 2 N–H and O–H groups in total. The first-order chi connectivity index (χ1) is 15.8. The van der Waals surface area contributed by atoms with E-state index in [0.717, 1.165) is 34.6 Å². The van der Waals surface area contributed by atoms with Gasteiger partial charge in [0.25, 0.3) is 0 Å². The molecule has 0 radical (unpaired) electrons. The number of aromatic hydroxyl groups is 2. The molecule has 1 aliphatic carbocycles. The Bertz CT molecular complexity index is 1360. The van der Waals surface area contributed by atoms with E-state index < -0.39 is 35.1 Å². The lowest BCUT2D eigenvalue weighted by atomic mass is 9.85. The molecule has 166 valence electrons. The molecule has 0 unspecified atom stereocenters. The molecular weight excluding hydrogens is 420 g/mol. The van der Waals surface area contributed by atoms with Crippen LogP contribution < -0.4 is 0 Å². The molecule has 0 saturated carbocycles. The molecule has 33 heavy (non-hydrogen) atoms. The Labute approximate surface area is 190 Å². The highest BCUT2D eigenvalue weighted by Crippen LogP contribution is 2.36. The third-order valence-electron chi connectivity index (χ3n) is 5.51. The Morgan fingerprint density at radius 3 is 2.30 bits per heavy atom. The number of ketones is 2. The van der Waals surface area contributed by atoms with Crippen LogP contribution in [0.25, 0.3) is 10.8 Å². The lowest BCUT2D eigenvalue weighted by molar-refractivity contribution is 0.0372. The first-order valence-corrected chi connectivity index (χ1v) is 10.4. The number of benzene rings is 3.